The zero-order valence-electron chi connectivity index (χ0n) is 81.6. The van der Waals surface area contributed by atoms with Crippen LogP contribution in [0.3, 0.4) is 0 Å². The first-order chi connectivity index (χ1) is 71.6. The Labute approximate surface area is 838 Å². The number of halogens is 2. The number of pyridine rings is 13. The third-order valence-corrected chi connectivity index (χ3v) is 26.6. The number of hydrogen-bond acceptors (Lipinski definition) is 28. The second-order valence-electron chi connectivity index (χ2n) is 38.8. The van der Waals surface area contributed by atoms with Gasteiger partial charge in [0, 0.05) is 195 Å². The van der Waals surface area contributed by atoms with E-state index in [0.29, 0.717) is 94.6 Å². The molecule has 25 heterocycles. The molecule has 0 bridgehead atoms. The summed E-state index contributed by atoms with van der Waals surface area (Å²) in [5.74, 6) is 0.183. The number of carbonyl (C=O) groups excluding carboxylic acids is 3. The number of aromatic nitrogens is 29. The fourth-order valence-corrected chi connectivity index (χ4v) is 19.0. The van der Waals surface area contributed by atoms with Crippen LogP contribution in [0, 0.1) is 11.3 Å². The Balaban J connectivity index is 0.000000111. The molecule has 25 rings (SSSR count). The van der Waals surface area contributed by atoms with Gasteiger partial charge in [-0.3, -0.25) is 84.5 Å². The molecule has 21 aromatic heterocycles. The van der Waals surface area contributed by atoms with Gasteiger partial charge in [0.2, 0.25) is 17.7 Å². The Morgan fingerprint density at radius 2 is 0.755 bits per heavy atom. The minimum atomic E-state index is -2.62. The molecule has 4 aliphatic heterocycles. The van der Waals surface area contributed by atoms with Gasteiger partial charge in [-0.2, -0.15) is 20.4 Å². The first-order valence-corrected chi connectivity index (χ1v) is 49.3. The smallest absolute Gasteiger partial charge is 0.261 e. The Morgan fingerprint density at radius 3 is 1.13 bits per heavy atom. The number of imidazole rings is 4. The summed E-state index contributed by atoms with van der Waals surface area (Å²) in [6, 6.07) is 21.4. The number of likely N-dealkylation sites (tertiary alicyclic amines) is 1. The predicted molar refractivity (Wildman–Crippen MR) is 561 cm³/mol. The quantitative estimate of drug-likeness (QED) is 0.0337. The fourth-order valence-electron chi connectivity index (χ4n) is 19.0. The maximum atomic E-state index is 13.6. The van der Waals surface area contributed by atoms with Crippen LogP contribution in [0.15, 0.2) is 197 Å². The van der Waals surface area contributed by atoms with Crippen molar-refractivity contribution in [2.75, 3.05) is 83.0 Å². The number of nitrogens with one attached hydrogen (secondary N) is 11. The number of hydrogen-bond donors (Lipinski definition) is 11. The minimum absolute atomic E-state index is 0.0251. The zero-order valence-corrected chi connectivity index (χ0v) is 81.6. The molecule has 0 atom stereocenters. The Kier molecular flexibility index (Phi) is 26.0. The number of alkyl halides is 2. The third-order valence-electron chi connectivity index (χ3n) is 26.6. The van der Waals surface area contributed by atoms with E-state index < -0.39 is 11.3 Å². The Morgan fingerprint density at radius 1 is 0.395 bits per heavy atom. The van der Waals surface area contributed by atoms with Crippen LogP contribution in [0.4, 0.5) is 42.9 Å². The summed E-state index contributed by atoms with van der Waals surface area (Å²) in [5.41, 5.74) is 26.2. The van der Waals surface area contributed by atoms with Crippen LogP contribution >= 0.6 is 0 Å². The summed E-state index contributed by atoms with van der Waals surface area (Å²) in [7, 11) is 0. The standard InChI is InChI=1S/C27H21F2N9.2C27H29N9O.C25H25N9O/c28-27(29)4-6-38(15-27)14-16-7-17(10-30-9-16)18-8-19-24(36-37-25(19)33-11-18)26-34-22-13-31-12-20(23(22)35-26)21-3-1-2-5-32-21;1-27(2,3)26(37)31-18-9-16(11-28-13-18)17-10-19-22(34-35-24(19)30-12-17)25-32-20-14-29-15-21(23(20)33-25)36-7-5-4-6-8-36;1-16(2)8-23(37)31-19-9-17(11-28-13-19)18-10-20-24(34-35-26(20)30-12-18)27-32-21-14-29-15-22(25(21)33-27)36-6-4-3-5-7-36;1-2-21(35)29-17-8-15(10-26-12-17)16-9-18-22(32-33-24(18)28-11-16)25-30-19-13-27-14-20(23(19)31-25)34-6-4-3-5-7-34/h1-3,5,7-13H,4,6,14-15H2,(H,34,35)(H,33,36,37);9-15H,4-8H2,1-3H3,(H,31,37)(H,32,33)(H,30,34,35);9-16H,3-8H2,1-2H3,(H,31,37)(H,32,33)(H,30,34,35);8-14H,2-7H2,1H3,(H,29,35)(H,30,31)(H,28,32,33). The molecule has 0 saturated carbocycles. The molecular formula is C106H104F2N36O3. The van der Waals surface area contributed by atoms with Crippen molar-refractivity contribution < 1.29 is 23.2 Å². The SMILES string of the molecule is CC(C)(C)C(=O)Nc1cncc(-c2cnc3n[nH]c(-c4nc5c(N6CCCCC6)cncc5[nH]4)c3c2)c1.CC(C)CC(=O)Nc1cncc(-c2cnc3n[nH]c(-c4nc5c(N6CCCCC6)cncc5[nH]4)c3c2)c1.CCC(=O)Nc1cncc(-c2cnc3n[nH]c(-c4nc5c(N6CCCCC6)cncc5[nH]4)c3c2)c1.FC1(F)CCN(Cc2cncc(-c3cnc4n[nH]c(-c5nc6c(-c7ccccn7)cncc6[nH]5)c4c3)c2)C1. The number of H-pyrrole nitrogens is 8. The zero-order chi connectivity index (χ0) is 100. The van der Waals surface area contributed by atoms with E-state index in [9.17, 15) is 23.2 Å². The van der Waals surface area contributed by atoms with Crippen LogP contribution in [-0.4, -0.2) is 226 Å². The summed E-state index contributed by atoms with van der Waals surface area (Å²) in [5, 5.41) is 42.0. The van der Waals surface area contributed by atoms with E-state index >= 15 is 0 Å². The normalized spacial score (nSPS) is 14.5. The van der Waals surface area contributed by atoms with Gasteiger partial charge in [0.15, 0.2) is 45.9 Å². The van der Waals surface area contributed by atoms with Gasteiger partial charge in [-0.05, 0) is 130 Å². The van der Waals surface area contributed by atoms with Crippen LogP contribution in [-0.2, 0) is 20.9 Å². The lowest BCUT2D eigenvalue weighted by molar-refractivity contribution is -0.123. The summed E-state index contributed by atoms with van der Waals surface area (Å²) in [6.45, 7) is 18.2. The lowest BCUT2D eigenvalue weighted by atomic mass is 9.95. The first kappa shape index (κ1) is 94.3. The molecule has 39 nitrogen and oxygen atoms in total. The molecule has 0 radical (unpaired) electrons. The number of piperidine rings is 3. The highest BCUT2D eigenvalue weighted by molar-refractivity contribution is 6.03. The molecule has 41 heteroatoms. The number of rotatable bonds is 20. The Bertz CT molecular complexity index is 8440. The summed E-state index contributed by atoms with van der Waals surface area (Å²) >= 11 is 0. The first-order valence-electron chi connectivity index (χ1n) is 49.3. The van der Waals surface area contributed by atoms with Crippen LogP contribution in [0.5, 0.6) is 0 Å². The molecule has 147 heavy (non-hydrogen) atoms. The average molecular weight is 1970 g/mol. The van der Waals surface area contributed by atoms with Crippen molar-refractivity contribution in [1.82, 2.24) is 150 Å². The molecule has 21 aromatic rings. The van der Waals surface area contributed by atoms with Crippen LogP contribution in [0.1, 0.15) is 124 Å². The molecule has 0 spiro atoms. The van der Waals surface area contributed by atoms with Crippen LogP contribution in [0.25, 0.3) is 190 Å². The van der Waals surface area contributed by atoms with Crippen molar-refractivity contribution >= 4 is 140 Å². The van der Waals surface area contributed by atoms with E-state index in [1.807, 2.05) is 145 Å². The number of aromatic amines is 8. The third kappa shape index (κ3) is 20.3. The van der Waals surface area contributed by atoms with Gasteiger partial charge < -0.3 is 50.6 Å². The largest absolute Gasteiger partial charge is 0.368 e. The lowest BCUT2D eigenvalue weighted by Gasteiger charge is -2.28. The number of anilines is 6. The number of carbonyl (C=O) groups is 3. The predicted octanol–water partition coefficient (Wildman–Crippen LogP) is 19.0. The van der Waals surface area contributed by atoms with E-state index in [1.54, 1.807) is 97.9 Å². The van der Waals surface area contributed by atoms with E-state index in [0.717, 1.165) is 200 Å². The minimum Gasteiger partial charge on any atom is -0.368 e. The van der Waals surface area contributed by atoms with Crippen molar-refractivity contribution in [2.45, 2.75) is 131 Å². The Hall–Kier alpha value is -17.7. The molecule has 0 aromatic carbocycles. The molecular weight excluding hydrogens is 1860 g/mol. The number of amides is 3. The maximum absolute atomic E-state index is 13.6. The molecule has 0 unspecified atom stereocenters. The lowest BCUT2D eigenvalue weighted by Crippen LogP contribution is -2.29. The van der Waals surface area contributed by atoms with Crippen molar-refractivity contribution in [3.05, 3.63) is 202 Å². The fraction of sp³-hybridized carbons (Fsp3) is 0.283. The van der Waals surface area contributed by atoms with Crippen molar-refractivity contribution in [2.24, 2.45) is 11.3 Å². The van der Waals surface area contributed by atoms with Gasteiger partial charge in [0.25, 0.3) is 5.92 Å². The van der Waals surface area contributed by atoms with Gasteiger partial charge in [-0.25, -0.2) is 48.7 Å². The summed E-state index contributed by atoms with van der Waals surface area (Å²) < 4.78 is 27.2. The molecule has 0 aliphatic carbocycles. The highest BCUT2D eigenvalue weighted by Crippen LogP contribution is 2.41. The van der Waals surface area contributed by atoms with Gasteiger partial charge in [0.1, 0.15) is 44.8 Å². The van der Waals surface area contributed by atoms with Gasteiger partial charge in [0.05, 0.1) is 152 Å². The number of fused-ring (bicyclic) bond motifs is 8. The van der Waals surface area contributed by atoms with Crippen molar-refractivity contribution in [3.8, 4) is 102 Å². The molecule has 740 valence electrons. The van der Waals surface area contributed by atoms with Gasteiger partial charge >= 0.3 is 0 Å². The van der Waals surface area contributed by atoms with E-state index in [2.05, 4.69) is 156 Å². The molecule has 4 fully saturated rings. The summed E-state index contributed by atoms with van der Waals surface area (Å²) in [6.07, 6.45) is 48.7. The second-order valence-corrected chi connectivity index (χ2v) is 38.8. The van der Waals surface area contributed by atoms with Crippen molar-refractivity contribution in [1.29, 1.82) is 0 Å². The topological polar surface area (TPSA) is 497 Å². The molecule has 4 saturated heterocycles. The highest BCUT2D eigenvalue weighted by atomic mass is 19.3. The average Bonchev–Trinajstić information content (AvgIpc) is 1.63. The van der Waals surface area contributed by atoms with Crippen LogP contribution < -0.4 is 30.7 Å². The summed E-state index contributed by atoms with van der Waals surface area (Å²) in [4.78, 5) is 136. The highest BCUT2D eigenvalue weighted by Gasteiger charge is 2.38. The van der Waals surface area contributed by atoms with E-state index in [-0.39, 0.29) is 36.6 Å². The van der Waals surface area contributed by atoms with Gasteiger partial charge in [-0.15, -0.1) is 0 Å². The van der Waals surface area contributed by atoms with E-state index in [4.69, 9.17) is 19.9 Å². The van der Waals surface area contributed by atoms with E-state index in [1.165, 1.54) is 57.8 Å². The number of nitrogens with zero attached hydrogens (tertiary/aromatic N) is 25. The monoisotopic (exact) mass is 1970 g/mol. The molecule has 3 amide bonds. The molecule has 11 N–H and O–H groups in total. The van der Waals surface area contributed by atoms with Gasteiger partial charge in [-0.1, -0.05) is 47.6 Å². The van der Waals surface area contributed by atoms with Crippen molar-refractivity contribution in [3.63, 3.8) is 0 Å². The molecule has 4 aliphatic rings. The van der Waals surface area contributed by atoms with Crippen LogP contribution in [0.2, 0.25) is 0 Å². The maximum Gasteiger partial charge on any atom is 0.261 e. The second kappa shape index (κ2) is 40.6.